The molecule has 2 aliphatic rings. The third kappa shape index (κ3) is 4.26. The van der Waals surface area contributed by atoms with Crippen LogP contribution in [0.25, 0.3) is 5.70 Å². The predicted octanol–water partition coefficient (Wildman–Crippen LogP) is 6.63. The van der Waals surface area contributed by atoms with Crippen LogP contribution in [-0.4, -0.2) is 17.4 Å². The van der Waals surface area contributed by atoms with E-state index in [-0.39, 0.29) is 0 Å². The lowest BCUT2D eigenvalue weighted by atomic mass is 10.0. The van der Waals surface area contributed by atoms with Gasteiger partial charge in [0.2, 0.25) is 0 Å². The summed E-state index contributed by atoms with van der Waals surface area (Å²) in [5.74, 6) is 0.617. The number of ether oxygens (including phenoxy) is 1. The van der Waals surface area contributed by atoms with Gasteiger partial charge in [0.05, 0.1) is 18.2 Å². The van der Waals surface area contributed by atoms with Crippen molar-refractivity contribution in [1.82, 2.24) is 4.90 Å². The van der Waals surface area contributed by atoms with E-state index in [2.05, 4.69) is 49.1 Å². The van der Waals surface area contributed by atoms with Crippen molar-refractivity contribution in [3.63, 3.8) is 0 Å². The van der Waals surface area contributed by atoms with Crippen molar-refractivity contribution in [2.45, 2.75) is 33.2 Å². The first kappa shape index (κ1) is 21.1. The SMILES string of the molecule is Cc1cc(C)cc(CC2=C(c3ccc(F)cc3F)N(Cc3ccc4c(c3)CCO4)CS2)c1. The van der Waals surface area contributed by atoms with Crippen molar-refractivity contribution in [3.05, 3.63) is 105 Å². The molecule has 2 heterocycles. The van der Waals surface area contributed by atoms with Gasteiger partial charge in [0.25, 0.3) is 0 Å². The summed E-state index contributed by atoms with van der Waals surface area (Å²) in [5, 5.41) is 0. The van der Waals surface area contributed by atoms with Crippen LogP contribution >= 0.6 is 11.8 Å². The van der Waals surface area contributed by atoms with Gasteiger partial charge >= 0.3 is 0 Å². The van der Waals surface area contributed by atoms with Crippen LogP contribution < -0.4 is 4.74 Å². The van der Waals surface area contributed by atoms with E-state index in [1.165, 1.54) is 33.9 Å². The Balaban J connectivity index is 1.52. The summed E-state index contributed by atoms with van der Waals surface area (Å²) in [6.07, 6.45) is 1.65. The third-order valence-electron chi connectivity index (χ3n) is 5.93. The monoisotopic (exact) mass is 449 g/mol. The molecule has 5 rings (SSSR count). The van der Waals surface area contributed by atoms with Gasteiger partial charge in [-0.25, -0.2) is 8.78 Å². The van der Waals surface area contributed by atoms with Crippen LogP contribution in [0.4, 0.5) is 8.78 Å². The normalized spacial score (nSPS) is 15.3. The van der Waals surface area contributed by atoms with Gasteiger partial charge in [-0.1, -0.05) is 41.5 Å². The van der Waals surface area contributed by atoms with Gasteiger partial charge in [-0.3, -0.25) is 0 Å². The third-order valence-corrected chi connectivity index (χ3v) is 7.06. The van der Waals surface area contributed by atoms with E-state index in [9.17, 15) is 8.78 Å². The Morgan fingerprint density at radius 2 is 1.75 bits per heavy atom. The molecule has 164 valence electrons. The fourth-order valence-electron chi connectivity index (χ4n) is 4.64. The van der Waals surface area contributed by atoms with Crippen molar-refractivity contribution in [2.24, 2.45) is 0 Å². The summed E-state index contributed by atoms with van der Waals surface area (Å²) in [5.41, 5.74) is 7.36. The highest BCUT2D eigenvalue weighted by Crippen LogP contribution is 2.42. The minimum Gasteiger partial charge on any atom is -0.493 e. The molecule has 2 aliphatic heterocycles. The average molecular weight is 450 g/mol. The average Bonchev–Trinajstić information content (AvgIpc) is 3.34. The first-order valence-electron chi connectivity index (χ1n) is 10.8. The number of fused-ring (bicyclic) bond motifs is 1. The molecule has 5 heteroatoms. The summed E-state index contributed by atoms with van der Waals surface area (Å²) in [6.45, 7) is 5.58. The van der Waals surface area contributed by atoms with Gasteiger partial charge < -0.3 is 9.64 Å². The molecule has 0 unspecified atom stereocenters. The maximum Gasteiger partial charge on any atom is 0.135 e. The molecule has 32 heavy (non-hydrogen) atoms. The Bertz CT molecular complexity index is 1200. The summed E-state index contributed by atoms with van der Waals surface area (Å²) in [6, 6.07) is 16.7. The first-order chi connectivity index (χ1) is 15.5. The highest BCUT2D eigenvalue weighted by molar-refractivity contribution is 8.03. The summed E-state index contributed by atoms with van der Waals surface area (Å²) in [7, 11) is 0. The van der Waals surface area contributed by atoms with E-state index in [1.807, 2.05) is 6.07 Å². The molecule has 0 N–H and O–H groups in total. The fourth-order valence-corrected chi connectivity index (χ4v) is 5.82. The van der Waals surface area contributed by atoms with Crippen LogP contribution in [0, 0.1) is 25.5 Å². The van der Waals surface area contributed by atoms with Crippen molar-refractivity contribution < 1.29 is 13.5 Å². The lowest BCUT2D eigenvalue weighted by Gasteiger charge is -2.23. The quantitative estimate of drug-likeness (QED) is 0.434. The number of nitrogens with zero attached hydrogens (tertiary/aromatic N) is 1. The number of benzene rings is 3. The largest absolute Gasteiger partial charge is 0.493 e. The van der Waals surface area contributed by atoms with Crippen LogP contribution in [0.15, 0.2) is 59.5 Å². The predicted molar refractivity (Wildman–Crippen MR) is 127 cm³/mol. The maximum absolute atomic E-state index is 14.9. The van der Waals surface area contributed by atoms with E-state index >= 15 is 0 Å². The van der Waals surface area contributed by atoms with Crippen LogP contribution in [0.1, 0.15) is 33.4 Å². The first-order valence-corrected chi connectivity index (χ1v) is 11.8. The van der Waals surface area contributed by atoms with E-state index in [0.29, 0.717) is 12.1 Å². The second-order valence-electron chi connectivity index (χ2n) is 8.58. The van der Waals surface area contributed by atoms with E-state index in [1.54, 1.807) is 17.8 Å². The van der Waals surface area contributed by atoms with Gasteiger partial charge in [0.15, 0.2) is 0 Å². The van der Waals surface area contributed by atoms with Crippen molar-refractivity contribution in [2.75, 3.05) is 12.5 Å². The highest BCUT2D eigenvalue weighted by Gasteiger charge is 2.27. The lowest BCUT2D eigenvalue weighted by molar-refractivity contribution is 0.356. The molecule has 0 saturated carbocycles. The van der Waals surface area contributed by atoms with Crippen LogP contribution in [0.3, 0.4) is 0 Å². The van der Waals surface area contributed by atoms with Gasteiger partial charge in [0, 0.05) is 35.9 Å². The highest BCUT2D eigenvalue weighted by atomic mass is 32.2. The lowest BCUT2D eigenvalue weighted by Crippen LogP contribution is -2.19. The second kappa shape index (κ2) is 8.62. The fraction of sp³-hybridized carbons (Fsp3) is 0.259. The Hall–Kier alpha value is -2.79. The number of aryl methyl sites for hydroxylation is 2. The molecular weight excluding hydrogens is 424 g/mol. The number of rotatable bonds is 5. The zero-order valence-electron chi connectivity index (χ0n) is 18.3. The second-order valence-corrected chi connectivity index (χ2v) is 9.62. The Morgan fingerprint density at radius 1 is 0.938 bits per heavy atom. The van der Waals surface area contributed by atoms with E-state index < -0.39 is 11.6 Å². The minimum atomic E-state index is -0.557. The topological polar surface area (TPSA) is 12.5 Å². The van der Waals surface area contributed by atoms with Gasteiger partial charge in [0.1, 0.15) is 17.4 Å². The molecule has 0 aliphatic carbocycles. The molecular formula is C27H25F2NOS. The Morgan fingerprint density at radius 3 is 2.53 bits per heavy atom. The van der Waals surface area contributed by atoms with E-state index in [0.717, 1.165) is 47.7 Å². The molecule has 0 radical (unpaired) electrons. The standard InChI is InChI=1S/C27H25F2NOS/c1-17-9-18(2)11-20(10-17)13-26-27(23-5-4-22(28)14-24(23)29)30(16-32-26)15-19-3-6-25-21(12-19)7-8-31-25/h3-6,9-12,14H,7-8,13,15-16H2,1-2H3. The molecule has 0 aromatic heterocycles. The molecule has 0 fully saturated rings. The molecule has 2 nitrogen and oxygen atoms in total. The zero-order valence-corrected chi connectivity index (χ0v) is 19.1. The molecule has 3 aromatic rings. The molecule has 0 amide bonds. The van der Waals surface area contributed by atoms with Crippen LogP contribution in [0.5, 0.6) is 5.75 Å². The van der Waals surface area contributed by atoms with Crippen molar-refractivity contribution >= 4 is 17.5 Å². The Labute approximate surface area is 191 Å². The maximum atomic E-state index is 14.9. The van der Waals surface area contributed by atoms with Crippen molar-refractivity contribution in [3.8, 4) is 5.75 Å². The van der Waals surface area contributed by atoms with Crippen LogP contribution in [-0.2, 0) is 19.4 Å². The smallest absolute Gasteiger partial charge is 0.135 e. The van der Waals surface area contributed by atoms with Gasteiger partial charge in [-0.15, -0.1) is 11.8 Å². The Kier molecular flexibility index (Phi) is 5.68. The van der Waals surface area contributed by atoms with Gasteiger partial charge in [-0.2, -0.15) is 0 Å². The summed E-state index contributed by atoms with van der Waals surface area (Å²) in [4.78, 5) is 3.32. The van der Waals surface area contributed by atoms with Crippen LogP contribution in [0.2, 0.25) is 0 Å². The molecule has 0 spiro atoms. The number of thioether (sulfide) groups is 1. The summed E-state index contributed by atoms with van der Waals surface area (Å²) >= 11 is 1.74. The molecule has 0 bridgehead atoms. The summed E-state index contributed by atoms with van der Waals surface area (Å²) < 4.78 is 34.2. The van der Waals surface area contributed by atoms with Gasteiger partial charge in [-0.05, 0) is 48.7 Å². The van der Waals surface area contributed by atoms with E-state index in [4.69, 9.17) is 4.74 Å². The number of allylic oxidation sites excluding steroid dienone is 1. The minimum absolute atomic E-state index is 0.459. The number of hydrogen-bond acceptors (Lipinski definition) is 3. The molecule has 0 atom stereocenters. The van der Waals surface area contributed by atoms with Crippen molar-refractivity contribution in [1.29, 1.82) is 0 Å². The zero-order chi connectivity index (χ0) is 22.2. The number of halogens is 2. The molecule has 3 aromatic carbocycles. The number of hydrogen-bond donors (Lipinski definition) is 0. The molecule has 0 saturated heterocycles.